The van der Waals surface area contributed by atoms with Gasteiger partial charge in [-0.25, -0.2) is 0 Å². The first-order chi connectivity index (χ1) is 11.8. The molecule has 2 heterocycles. The monoisotopic (exact) mass is 361 g/mol. The third kappa shape index (κ3) is 4.75. The van der Waals surface area contributed by atoms with E-state index in [0.29, 0.717) is 6.61 Å². The number of hydrogen-bond acceptors (Lipinski definition) is 6. The second-order valence-corrected chi connectivity index (χ2v) is 7.10. The third-order valence-electron chi connectivity index (χ3n) is 3.40. The zero-order chi connectivity index (χ0) is 16.6. The van der Waals surface area contributed by atoms with Gasteiger partial charge in [-0.05, 0) is 42.1 Å². The van der Waals surface area contributed by atoms with Crippen LogP contribution >= 0.6 is 23.1 Å². The Kier molecular flexibility index (Phi) is 6.14. The Morgan fingerprint density at radius 1 is 1.17 bits per heavy atom. The van der Waals surface area contributed by atoms with Gasteiger partial charge in [-0.3, -0.25) is 0 Å². The summed E-state index contributed by atoms with van der Waals surface area (Å²) in [5, 5.41) is 11.2. The maximum Gasteiger partial charge on any atom is 0.191 e. The Morgan fingerprint density at radius 2 is 2.00 bits per heavy atom. The Morgan fingerprint density at radius 3 is 2.75 bits per heavy atom. The second-order valence-electron chi connectivity index (χ2n) is 5.01. The molecule has 24 heavy (non-hydrogen) atoms. The lowest BCUT2D eigenvalue weighted by molar-refractivity contribution is 0.342. The maximum absolute atomic E-state index is 5.73. The van der Waals surface area contributed by atoms with Crippen molar-refractivity contribution in [3.8, 4) is 11.5 Å². The van der Waals surface area contributed by atoms with Crippen molar-refractivity contribution in [2.75, 3.05) is 19.5 Å². The number of hydrogen-bond donors (Lipinski definition) is 0. The molecule has 0 unspecified atom stereocenters. The number of thiophene rings is 1. The molecule has 3 rings (SSSR count). The van der Waals surface area contributed by atoms with E-state index in [1.54, 1.807) is 36.5 Å². The van der Waals surface area contributed by atoms with E-state index in [-0.39, 0.29) is 0 Å². The average molecular weight is 361 g/mol. The molecule has 0 radical (unpaired) electrons. The van der Waals surface area contributed by atoms with Crippen LogP contribution in [0.5, 0.6) is 11.5 Å². The Hall–Kier alpha value is -1.99. The van der Waals surface area contributed by atoms with E-state index >= 15 is 0 Å². The normalized spacial score (nSPS) is 10.7. The van der Waals surface area contributed by atoms with Crippen molar-refractivity contribution in [2.24, 2.45) is 0 Å². The summed E-state index contributed by atoms with van der Waals surface area (Å²) in [7, 11) is 1.65. The van der Waals surface area contributed by atoms with E-state index in [2.05, 4.69) is 32.3 Å². The highest BCUT2D eigenvalue weighted by atomic mass is 32.2. The summed E-state index contributed by atoms with van der Waals surface area (Å²) >= 11 is 3.44. The van der Waals surface area contributed by atoms with Crippen LogP contribution < -0.4 is 9.47 Å². The highest BCUT2D eigenvalue weighted by molar-refractivity contribution is 7.99. The zero-order valence-electron chi connectivity index (χ0n) is 13.4. The van der Waals surface area contributed by atoms with Crippen molar-refractivity contribution in [1.29, 1.82) is 0 Å². The van der Waals surface area contributed by atoms with Gasteiger partial charge < -0.3 is 14.0 Å². The molecule has 0 fully saturated rings. The van der Waals surface area contributed by atoms with Crippen LogP contribution in [0.25, 0.3) is 0 Å². The molecule has 0 spiro atoms. The molecule has 0 aliphatic rings. The number of benzene rings is 1. The smallest absolute Gasteiger partial charge is 0.191 e. The van der Waals surface area contributed by atoms with Crippen LogP contribution in [-0.2, 0) is 13.0 Å². The van der Waals surface area contributed by atoms with Gasteiger partial charge in [0.05, 0.1) is 13.7 Å². The van der Waals surface area contributed by atoms with E-state index in [0.717, 1.165) is 35.4 Å². The average Bonchev–Trinajstić information content (AvgIpc) is 3.29. The minimum absolute atomic E-state index is 0.620. The molecule has 0 saturated carbocycles. The van der Waals surface area contributed by atoms with E-state index in [1.807, 2.05) is 24.3 Å². The van der Waals surface area contributed by atoms with Crippen LogP contribution in [0.3, 0.4) is 0 Å². The summed E-state index contributed by atoms with van der Waals surface area (Å²) in [6, 6.07) is 11.8. The number of ether oxygens (including phenoxy) is 2. The quantitative estimate of drug-likeness (QED) is 0.429. The molecule has 0 aliphatic carbocycles. The fourth-order valence-corrected chi connectivity index (χ4v) is 3.62. The zero-order valence-corrected chi connectivity index (χ0v) is 15.1. The van der Waals surface area contributed by atoms with Gasteiger partial charge in [0.1, 0.15) is 17.8 Å². The van der Waals surface area contributed by atoms with Gasteiger partial charge in [0, 0.05) is 17.2 Å². The number of thioether (sulfide) groups is 1. The first-order valence-electron chi connectivity index (χ1n) is 7.65. The molecule has 2 aromatic heterocycles. The Labute approximate surface area is 149 Å². The third-order valence-corrected chi connectivity index (χ3v) is 5.28. The number of rotatable bonds is 9. The van der Waals surface area contributed by atoms with Crippen molar-refractivity contribution < 1.29 is 9.47 Å². The van der Waals surface area contributed by atoms with Gasteiger partial charge in [-0.15, -0.1) is 21.5 Å². The SMILES string of the molecule is COc1ccc(OCCSc2nncn2CCc2cccs2)cc1. The minimum Gasteiger partial charge on any atom is -0.497 e. The van der Waals surface area contributed by atoms with Crippen LogP contribution in [0.2, 0.25) is 0 Å². The first-order valence-corrected chi connectivity index (χ1v) is 9.51. The van der Waals surface area contributed by atoms with Crippen molar-refractivity contribution in [3.05, 3.63) is 53.0 Å². The summed E-state index contributed by atoms with van der Waals surface area (Å²) in [6.45, 7) is 1.52. The van der Waals surface area contributed by atoms with Gasteiger partial charge in [-0.2, -0.15) is 0 Å². The van der Waals surface area contributed by atoms with Gasteiger partial charge in [-0.1, -0.05) is 17.8 Å². The van der Waals surface area contributed by atoms with Crippen LogP contribution in [0.1, 0.15) is 4.88 Å². The molecule has 7 heteroatoms. The van der Waals surface area contributed by atoms with Gasteiger partial charge in [0.2, 0.25) is 0 Å². The fourth-order valence-electron chi connectivity index (χ4n) is 2.16. The predicted octanol–water partition coefficient (Wildman–Crippen LogP) is 3.76. The topological polar surface area (TPSA) is 49.2 Å². The molecule has 0 saturated heterocycles. The fraction of sp³-hybridized carbons (Fsp3) is 0.294. The van der Waals surface area contributed by atoms with Gasteiger partial charge in [0.25, 0.3) is 0 Å². The highest BCUT2D eigenvalue weighted by Gasteiger charge is 2.06. The lowest BCUT2D eigenvalue weighted by Crippen LogP contribution is -2.04. The van der Waals surface area contributed by atoms with E-state index in [4.69, 9.17) is 9.47 Å². The minimum atomic E-state index is 0.620. The van der Waals surface area contributed by atoms with E-state index < -0.39 is 0 Å². The lowest BCUT2D eigenvalue weighted by atomic mass is 10.3. The number of aryl methyl sites for hydroxylation is 2. The van der Waals surface area contributed by atoms with Crippen LogP contribution in [0.15, 0.2) is 53.3 Å². The molecule has 0 N–H and O–H groups in total. The predicted molar refractivity (Wildman–Crippen MR) is 97.3 cm³/mol. The number of methoxy groups -OCH3 is 1. The van der Waals surface area contributed by atoms with E-state index in [1.165, 1.54) is 4.88 Å². The highest BCUT2D eigenvalue weighted by Crippen LogP contribution is 2.19. The molecule has 126 valence electrons. The second kappa shape index (κ2) is 8.75. The summed E-state index contributed by atoms with van der Waals surface area (Å²) in [5.41, 5.74) is 0. The molecular weight excluding hydrogens is 342 g/mol. The van der Waals surface area contributed by atoms with E-state index in [9.17, 15) is 0 Å². The van der Waals surface area contributed by atoms with Gasteiger partial charge >= 0.3 is 0 Å². The van der Waals surface area contributed by atoms with Crippen LogP contribution in [0, 0.1) is 0 Å². The molecule has 5 nitrogen and oxygen atoms in total. The Bertz CT molecular complexity index is 727. The molecule has 1 aromatic carbocycles. The Balaban J connectivity index is 1.42. The van der Waals surface area contributed by atoms with Crippen molar-refractivity contribution >= 4 is 23.1 Å². The summed E-state index contributed by atoms with van der Waals surface area (Å²) in [4.78, 5) is 1.38. The molecule has 3 aromatic rings. The maximum atomic E-state index is 5.73. The summed E-state index contributed by atoms with van der Waals surface area (Å²) in [6.07, 6.45) is 2.80. The molecule has 0 amide bonds. The van der Waals surface area contributed by atoms with Crippen molar-refractivity contribution in [3.63, 3.8) is 0 Å². The van der Waals surface area contributed by atoms with Crippen LogP contribution in [0.4, 0.5) is 0 Å². The largest absolute Gasteiger partial charge is 0.497 e. The standard InChI is InChI=1S/C17H19N3O2S2/c1-21-14-4-6-15(7-5-14)22-10-12-24-17-19-18-13-20(17)9-8-16-3-2-11-23-16/h2-7,11,13H,8-10,12H2,1H3. The van der Waals surface area contributed by atoms with Crippen molar-refractivity contribution in [1.82, 2.24) is 14.8 Å². The number of aromatic nitrogens is 3. The summed E-state index contributed by atoms with van der Waals surface area (Å²) in [5.74, 6) is 2.50. The lowest BCUT2D eigenvalue weighted by Gasteiger charge is -2.08. The summed E-state index contributed by atoms with van der Waals surface area (Å²) < 4.78 is 13.0. The molecule has 0 aliphatic heterocycles. The van der Waals surface area contributed by atoms with Gasteiger partial charge in [0.15, 0.2) is 5.16 Å². The van der Waals surface area contributed by atoms with Crippen LogP contribution in [-0.4, -0.2) is 34.2 Å². The van der Waals surface area contributed by atoms with Crippen molar-refractivity contribution in [2.45, 2.75) is 18.1 Å². The molecular formula is C17H19N3O2S2. The first kappa shape index (κ1) is 16.9. The number of nitrogens with zero attached hydrogens (tertiary/aromatic N) is 3. The molecule has 0 atom stereocenters. The molecule has 0 bridgehead atoms.